The quantitative estimate of drug-likeness (QED) is 0.473. The predicted octanol–water partition coefficient (Wildman–Crippen LogP) is 6.13. The number of halogens is 2. The van der Waals surface area contributed by atoms with E-state index in [0.29, 0.717) is 15.7 Å². The Labute approximate surface area is 176 Å². The Morgan fingerprint density at radius 2 is 1.85 bits per heavy atom. The van der Waals surface area contributed by atoms with E-state index in [1.807, 2.05) is 45.0 Å². The minimum Gasteiger partial charge on any atom is -0.331 e. The highest BCUT2D eigenvalue weighted by molar-refractivity contribution is 7.80. The summed E-state index contributed by atoms with van der Waals surface area (Å²) in [6.07, 6.45) is 0. The number of amides is 1. The molecule has 1 heterocycles. The molecule has 0 aliphatic heterocycles. The summed E-state index contributed by atoms with van der Waals surface area (Å²) in [6, 6.07) is 11.3. The summed E-state index contributed by atoms with van der Waals surface area (Å²) in [5, 5.41) is 7.49. The van der Waals surface area contributed by atoms with Crippen LogP contribution < -0.4 is 10.6 Å². The number of nitrogens with zero attached hydrogens (tertiary/aromatic N) is 1. The number of hydrogen-bond acceptors (Lipinski definition) is 4. The summed E-state index contributed by atoms with van der Waals surface area (Å²) < 4.78 is 1.07. The molecule has 3 aromatic rings. The lowest BCUT2D eigenvalue weighted by atomic mass is 9.96. The van der Waals surface area contributed by atoms with Crippen LogP contribution in [-0.2, 0) is 4.79 Å². The van der Waals surface area contributed by atoms with Gasteiger partial charge in [-0.2, -0.15) is 0 Å². The van der Waals surface area contributed by atoms with Gasteiger partial charge in [-0.25, -0.2) is 4.98 Å². The van der Waals surface area contributed by atoms with Crippen molar-refractivity contribution in [2.75, 3.05) is 5.32 Å². The van der Waals surface area contributed by atoms with Gasteiger partial charge in [-0.1, -0.05) is 56.1 Å². The first kappa shape index (κ1) is 20.0. The van der Waals surface area contributed by atoms with Gasteiger partial charge in [0.15, 0.2) is 5.11 Å². The number of carbonyl (C=O) groups is 1. The highest BCUT2D eigenvalue weighted by Crippen LogP contribution is 2.38. The fraction of sp³-hybridized carbons (Fsp3) is 0.211. The van der Waals surface area contributed by atoms with Crippen LogP contribution in [-0.4, -0.2) is 16.0 Å². The van der Waals surface area contributed by atoms with Crippen molar-refractivity contribution < 1.29 is 4.79 Å². The smallest absolute Gasteiger partial charge is 0.231 e. The van der Waals surface area contributed by atoms with Crippen molar-refractivity contribution in [1.29, 1.82) is 0 Å². The van der Waals surface area contributed by atoms with Gasteiger partial charge in [-0.05, 0) is 36.5 Å². The number of aromatic nitrogens is 1. The summed E-state index contributed by atoms with van der Waals surface area (Å²) in [6.45, 7) is 5.43. The molecule has 0 aliphatic carbocycles. The molecule has 0 aliphatic rings. The number of hydrogen-bond donors (Lipinski definition) is 2. The van der Waals surface area contributed by atoms with Crippen LogP contribution in [0.4, 0.5) is 5.69 Å². The van der Waals surface area contributed by atoms with E-state index in [2.05, 4.69) is 15.6 Å². The molecule has 0 fully saturated rings. The van der Waals surface area contributed by atoms with E-state index in [1.165, 1.54) is 0 Å². The third-order valence-corrected chi connectivity index (χ3v) is 5.64. The maximum Gasteiger partial charge on any atom is 0.231 e. The minimum atomic E-state index is -0.554. The first-order chi connectivity index (χ1) is 12.6. The maximum absolute atomic E-state index is 12.1. The zero-order chi connectivity index (χ0) is 19.8. The average Bonchev–Trinajstić information content (AvgIpc) is 3.00. The molecule has 0 saturated heterocycles. The van der Waals surface area contributed by atoms with Gasteiger partial charge in [0, 0.05) is 11.0 Å². The first-order valence-electron chi connectivity index (χ1n) is 8.12. The molecular weight excluding hydrogens is 421 g/mol. The first-order valence-corrected chi connectivity index (χ1v) is 10.1. The molecule has 27 heavy (non-hydrogen) atoms. The molecule has 0 spiro atoms. The highest BCUT2D eigenvalue weighted by atomic mass is 35.5. The molecule has 1 amide bonds. The molecule has 8 heteroatoms. The normalized spacial score (nSPS) is 11.4. The lowest BCUT2D eigenvalue weighted by molar-refractivity contribution is -0.126. The summed E-state index contributed by atoms with van der Waals surface area (Å²) in [5.74, 6) is -0.184. The Balaban J connectivity index is 1.90. The zero-order valence-corrected chi connectivity index (χ0v) is 18.0. The third-order valence-electron chi connectivity index (χ3n) is 3.74. The number of nitrogens with one attached hydrogen (secondary N) is 2. The monoisotopic (exact) mass is 437 g/mol. The van der Waals surface area contributed by atoms with Gasteiger partial charge < -0.3 is 10.6 Å². The molecule has 2 aromatic carbocycles. The van der Waals surface area contributed by atoms with Crippen molar-refractivity contribution in [1.82, 2.24) is 10.3 Å². The van der Waals surface area contributed by atoms with E-state index in [0.717, 1.165) is 20.8 Å². The molecule has 4 nitrogen and oxygen atoms in total. The van der Waals surface area contributed by atoms with Crippen molar-refractivity contribution in [3.8, 4) is 10.6 Å². The lowest BCUT2D eigenvalue weighted by Crippen LogP contribution is -2.41. The average molecular weight is 438 g/mol. The molecule has 0 radical (unpaired) electrons. The molecule has 0 atom stereocenters. The van der Waals surface area contributed by atoms with Crippen LogP contribution in [0.3, 0.4) is 0 Å². The van der Waals surface area contributed by atoms with Gasteiger partial charge >= 0.3 is 0 Å². The van der Waals surface area contributed by atoms with Crippen LogP contribution in [0.25, 0.3) is 20.8 Å². The second kappa shape index (κ2) is 7.72. The number of thiocarbonyl (C=S) groups is 1. The fourth-order valence-electron chi connectivity index (χ4n) is 2.24. The van der Waals surface area contributed by atoms with E-state index >= 15 is 0 Å². The van der Waals surface area contributed by atoms with E-state index in [1.54, 1.807) is 23.5 Å². The largest absolute Gasteiger partial charge is 0.331 e. The standard InChI is InChI=1S/C19H17Cl2N3OS2/c1-19(2,3)17(25)24-18(26)23-14-8-10(11(20)9-12(14)21)16-22-13-6-4-5-7-15(13)27-16/h4-9H,1-3H3,(H2,23,24,25,26). The number of anilines is 1. The van der Waals surface area contributed by atoms with Gasteiger partial charge in [-0.3, -0.25) is 4.79 Å². The van der Waals surface area contributed by atoms with Gasteiger partial charge in [-0.15, -0.1) is 11.3 Å². The number of carbonyl (C=O) groups excluding carboxylic acids is 1. The highest BCUT2D eigenvalue weighted by Gasteiger charge is 2.22. The second-order valence-electron chi connectivity index (χ2n) is 6.96. The van der Waals surface area contributed by atoms with Crippen LogP contribution in [0.5, 0.6) is 0 Å². The van der Waals surface area contributed by atoms with E-state index < -0.39 is 5.41 Å². The van der Waals surface area contributed by atoms with Gasteiger partial charge in [0.25, 0.3) is 0 Å². The van der Waals surface area contributed by atoms with E-state index in [4.69, 9.17) is 35.4 Å². The third kappa shape index (κ3) is 4.58. The Morgan fingerprint density at radius 1 is 1.15 bits per heavy atom. The second-order valence-corrected chi connectivity index (χ2v) is 9.21. The topological polar surface area (TPSA) is 54.0 Å². The Kier molecular flexibility index (Phi) is 5.72. The van der Waals surface area contributed by atoms with E-state index in [-0.39, 0.29) is 11.0 Å². The number of fused-ring (bicyclic) bond motifs is 1. The Morgan fingerprint density at radius 3 is 2.52 bits per heavy atom. The molecular formula is C19H17Cl2N3OS2. The van der Waals surface area contributed by atoms with Crippen molar-refractivity contribution in [3.63, 3.8) is 0 Å². The SMILES string of the molecule is CC(C)(C)C(=O)NC(=S)Nc1cc(-c2nc3ccccc3s2)c(Cl)cc1Cl. The molecule has 0 bridgehead atoms. The summed E-state index contributed by atoms with van der Waals surface area (Å²) in [7, 11) is 0. The summed E-state index contributed by atoms with van der Waals surface area (Å²) in [4.78, 5) is 16.7. The van der Waals surface area contributed by atoms with Crippen molar-refractivity contribution in [2.45, 2.75) is 20.8 Å². The molecule has 3 rings (SSSR count). The molecule has 1 aromatic heterocycles. The molecule has 0 unspecified atom stereocenters. The van der Waals surface area contributed by atoms with Crippen LogP contribution in [0.1, 0.15) is 20.8 Å². The fourth-order valence-corrected chi connectivity index (χ4v) is 4.01. The molecule has 0 saturated carbocycles. The summed E-state index contributed by atoms with van der Waals surface area (Å²) >= 11 is 19.5. The zero-order valence-electron chi connectivity index (χ0n) is 14.9. The van der Waals surface area contributed by atoms with Crippen molar-refractivity contribution >= 4 is 73.7 Å². The minimum absolute atomic E-state index is 0.175. The van der Waals surface area contributed by atoms with Gasteiger partial charge in [0.05, 0.1) is 25.9 Å². The van der Waals surface area contributed by atoms with Gasteiger partial charge in [0.2, 0.25) is 5.91 Å². The lowest BCUT2D eigenvalue weighted by Gasteiger charge is -2.19. The van der Waals surface area contributed by atoms with Crippen LogP contribution in [0, 0.1) is 5.41 Å². The van der Waals surface area contributed by atoms with Crippen LogP contribution in [0.2, 0.25) is 10.0 Å². The number of thiazole rings is 1. The number of para-hydroxylation sites is 1. The predicted molar refractivity (Wildman–Crippen MR) is 119 cm³/mol. The maximum atomic E-state index is 12.1. The van der Waals surface area contributed by atoms with E-state index in [9.17, 15) is 4.79 Å². The Hall–Kier alpha value is -1.73. The number of rotatable bonds is 2. The van der Waals surface area contributed by atoms with Crippen LogP contribution >= 0.6 is 46.8 Å². The molecule has 2 N–H and O–H groups in total. The van der Waals surface area contributed by atoms with Crippen molar-refractivity contribution in [2.24, 2.45) is 5.41 Å². The summed E-state index contributed by atoms with van der Waals surface area (Å²) in [5.41, 5.74) is 1.65. The van der Waals surface area contributed by atoms with Crippen molar-refractivity contribution in [3.05, 3.63) is 46.4 Å². The number of benzene rings is 2. The van der Waals surface area contributed by atoms with Gasteiger partial charge in [0.1, 0.15) is 5.01 Å². The Bertz CT molecular complexity index is 1010. The van der Waals surface area contributed by atoms with Crippen LogP contribution in [0.15, 0.2) is 36.4 Å². The molecule has 140 valence electrons.